The number of benzene rings is 2. The number of likely N-dealkylation sites (tertiary alicyclic amines) is 1. The monoisotopic (exact) mass is 643 g/mol. The van der Waals surface area contributed by atoms with Crippen molar-refractivity contribution in [2.24, 2.45) is 5.92 Å². The maximum atomic E-state index is 14.4. The molecule has 1 unspecified atom stereocenters. The summed E-state index contributed by atoms with van der Waals surface area (Å²) >= 11 is 0.518. The highest BCUT2D eigenvalue weighted by molar-refractivity contribution is 7.99. The van der Waals surface area contributed by atoms with Crippen molar-refractivity contribution < 1.29 is 45.8 Å². The van der Waals surface area contributed by atoms with Crippen LogP contribution in [0.15, 0.2) is 52.3 Å². The van der Waals surface area contributed by atoms with Crippen LogP contribution in [0.1, 0.15) is 48.8 Å². The molecule has 2 aliphatic heterocycles. The molecular formula is C30H31F6N3O4S. The number of hydrogen-bond donors (Lipinski definition) is 2. The number of aliphatic carboxylic acids is 1. The van der Waals surface area contributed by atoms with E-state index in [1.165, 1.54) is 6.07 Å². The number of nitrogens with zero attached hydrogens (tertiary/aromatic N) is 2. The SMILES string of the molecule is O=C(/C=C/c1ccc(Sc2ccccc2N2CCCC(C(=O)O)C2)c(C(F)(F)F)c1C(F)(F)F)NCCCN1CCCC1=O. The van der Waals surface area contributed by atoms with Gasteiger partial charge in [-0.3, -0.25) is 14.4 Å². The van der Waals surface area contributed by atoms with Crippen molar-refractivity contribution in [2.75, 3.05) is 37.6 Å². The van der Waals surface area contributed by atoms with Crippen LogP contribution in [0.4, 0.5) is 32.0 Å². The number of rotatable bonds is 10. The summed E-state index contributed by atoms with van der Waals surface area (Å²) in [4.78, 5) is 38.4. The third-order valence-corrected chi connectivity index (χ3v) is 8.58. The maximum Gasteiger partial charge on any atom is 0.418 e. The second-order valence-electron chi connectivity index (χ2n) is 10.6. The number of alkyl halides is 6. The zero-order valence-electron chi connectivity index (χ0n) is 23.5. The van der Waals surface area contributed by atoms with E-state index in [-0.39, 0.29) is 23.9 Å². The van der Waals surface area contributed by atoms with E-state index in [9.17, 15) is 45.8 Å². The zero-order chi connectivity index (χ0) is 32.1. The molecule has 2 aromatic rings. The summed E-state index contributed by atoms with van der Waals surface area (Å²) in [6, 6.07) is 8.09. The fraction of sp³-hybridized carbons (Fsp3) is 0.433. The van der Waals surface area contributed by atoms with Crippen LogP contribution < -0.4 is 10.2 Å². The van der Waals surface area contributed by atoms with Crippen LogP contribution in [-0.2, 0) is 26.7 Å². The Morgan fingerprint density at radius 2 is 1.70 bits per heavy atom. The number of para-hydroxylation sites is 1. The number of carboxylic acids is 1. The Morgan fingerprint density at radius 3 is 2.36 bits per heavy atom. The van der Waals surface area contributed by atoms with Crippen LogP contribution in [0.5, 0.6) is 0 Å². The molecule has 2 N–H and O–H groups in total. The van der Waals surface area contributed by atoms with Gasteiger partial charge >= 0.3 is 18.3 Å². The Balaban J connectivity index is 1.59. The fourth-order valence-electron chi connectivity index (χ4n) is 5.38. The van der Waals surface area contributed by atoms with Crippen LogP contribution in [0.3, 0.4) is 0 Å². The van der Waals surface area contributed by atoms with Gasteiger partial charge in [0.05, 0.1) is 22.7 Å². The van der Waals surface area contributed by atoms with Crippen molar-refractivity contribution in [1.29, 1.82) is 0 Å². The summed E-state index contributed by atoms with van der Waals surface area (Å²) in [5.41, 5.74) is -4.17. The average molecular weight is 644 g/mol. The Kier molecular flexibility index (Phi) is 10.5. The summed E-state index contributed by atoms with van der Waals surface area (Å²) in [5, 5.41) is 11.9. The lowest BCUT2D eigenvalue weighted by atomic mass is 9.98. The first-order valence-electron chi connectivity index (χ1n) is 14.1. The van der Waals surface area contributed by atoms with Gasteiger partial charge in [0.2, 0.25) is 11.8 Å². The van der Waals surface area contributed by atoms with E-state index >= 15 is 0 Å². The molecule has 2 fully saturated rings. The van der Waals surface area contributed by atoms with Gasteiger partial charge in [-0.15, -0.1) is 0 Å². The lowest BCUT2D eigenvalue weighted by Crippen LogP contribution is -2.38. The summed E-state index contributed by atoms with van der Waals surface area (Å²) in [6.45, 7) is 1.73. The van der Waals surface area contributed by atoms with Crippen LogP contribution >= 0.6 is 11.8 Å². The lowest BCUT2D eigenvalue weighted by Gasteiger charge is -2.33. The summed E-state index contributed by atoms with van der Waals surface area (Å²) in [5.74, 6) is -2.44. The number of anilines is 1. The number of piperidine rings is 1. The van der Waals surface area contributed by atoms with Crippen LogP contribution in [0, 0.1) is 5.92 Å². The molecule has 0 radical (unpaired) electrons. The molecule has 0 saturated carbocycles. The van der Waals surface area contributed by atoms with E-state index in [0.29, 0.717) is 68.8 Å². The van der Waals surface area contributed by atoms with Gasteiger partial charge in [0.25, 0.3) is 0 Å². The highest BCUT2D eigenvalue weighted by Crippen LogP contribution is 2.49. The summed E-state index contributed by atoms with van der Waals surface area (Å²) < 4.78 is 85.8. The van der Waals surface area contributed by atoms with Crippen molar-refractivity contribution in [3.63, 3.8) is 0 Å². The van der Waals surface area contributed by atoms with Gasteiger partial charge in [0.1, 0.15) is 0 Å². The van der Waals surface area contributed by atoms with Crippen molar-refractivity contribution in [3.05, 3.63) is 59.2 Å². The largest absolute Gasteiger partial charge is 0.481 e. The smallest absolute Gasteiger partial charge is 0.418 e. The molecule has 0 aliphatic carbocycles. The van der Waals surface area contributed by atoms with Gasteiger partial charge in [0, 0.05) is 55.0 Å². The molecule has 2 heterocycles. The minimum absolute atomic E-state index is 0.0137. The molecule has 0 aromatic heterocycles. The first-order valence-corrected chi connectivity index (χ1v) is 14.9. The molecule has 238 valence electrons. The predicted molar refractivity (Wildman–Crippen MR) is 152 cm³/mol. The number of carboxylic acid groups (broad SMARTS) is 1. The number of hydrogen-bond acceptors (Lipinski definition) is 5. The molecule has 4 rings (SSSR count). The van der Waals surface area contributed by atoms with Gasteiger partial charge in [0.15, 0.2) is 0 Å². The maximum absolute atomic E-state index is 14.4. The molecule has 1 atom stereocenters. The van der Waals surface area contributed by atoms with Crippen molar-refractivity contribution in [1.82, 2.24) is 10.2 Å². The normalized spacial score (nSPS) is 17.9. The number of nitrogens with one attached hydrogen (secondary N) is 1. The standard InChI is InChI=1S/C30H31F6N3O4S/c31-29(32,33)26-19(11-13-24(40)37-14-5-17-38-15-4-9-25(38)41)10-12-23(27(26)30(34,35)36)44-22-8-2-1-7-21(22)39-16-3-6-20(18-39)28(42)43/h1-2,7-8,10-13,20H,3-6,9,14-18H2,(H,37,40)(H,42,43)/b13-11+. The van der Waals surface area contributed by atoms with Gasteiger partial charge in [-0.1, -0.05) is 30.0 Å². The zero-order valence-corrected chi connectivity index (χ0v) is 24.3. The van der Waals surface area contributed by atoms with E-state index < -0.39 is 51.7 Å². The van der Waals surface area contributed by atoms with E-state index in [2.05, 4.69) is 5.32 Å². The van der Waals surface area contributed by atoms with Gasteiger partial charge in [-0.25, -0.2) is 0 Å². The molecular weight excluding hydrogens is 612 g/mol. The van der Waals surface area contributed by atoms with Gasteiger partial charge in [-0.2, -0.15) is 26.3 Å². The third kappa shape index (κ3) is 8.27. The first kappa shape index (κ1) is 33.2. The van der Waals surface area contributed by atoms with Crippen LogP contribution in [0.25, 0.3) is 6.08 Å². The van der Waals surface area contributed by atoms with E-state index in [4.69, 9.17) is 0 Å². The minimum atomic E-state index is -5.40. The molecule has 0 bridgehead atoms. The minimum Gasteiger partial charge on any atom is -0.481 e. The highest BCUT2D eigenvalue weighted by atomic mass is 32.2. The van der Waals surface area contributed by atoms with E-state index in [0.717, 1.165) is 24.6 Å². The predicted octanol–water partition coefficient (Wildman–Crippen LogP) is 6.32. The Labute approximate surface area is 254 Å². The van der Waals surface area contributed by atoms with Crippen LogP contribution in [-0.4, -0.2) is 60.5 Å². The number of amides is 2. The van der Waals surface area contributed by atoms with E-state index in [1.54, 1.807) is 28.0 Å². The van der Waals surface area contributed by atoms with Crippen LogP contribution in [0.2, 0.25) is 0 Å². The second kappa shape index (κ2) is 14.0. The van der Waals surface area contributed by atoms with Gasteiger partial charge < -0.3 is 20.2 Å². The fourth-order valence-corrected chi connectivity index (χ4v) is 6.52. The molecule has 0 spiro atoms. The second-order valence-corrected chi connectivity index (χ2v) is 11.6. The molecule has 2 aromatic carbocycles. The Morgan fingerprint density at radius 1 is 0.977 bits per heavy atom. The number of carbonyl (C=O) groups is 3. The highest BCUT2D eigenvalue weighted by Gasteiger charge is 2.46. The average Bonchev–Trinajstić information content (AvgIpc) is 3.37. The molecule has 44 heavy (non-hydrogen) atoms. The Bertz CT molecular complexity index is 1410. The summed E-state index contributed by atoms with van der Waals surface area (Å²) in [7, 11) is 0. The molecule has 2 aliphatic rings. The van der Waals surface area contributed by atoms with Gasteiger partial charge in [-0.05, 0) is 55.5 Å². The number of halogens is 6. The molecule has 14 heteroatoms. The third-order valence-electron chi connectivity index (χ3n) is 7.45. The lowest BCUT2D eigenvalue weighted by molar-refractivity contribution is -0.163. The topological polar surface area (TPSA) is 89.9 Å². The van der Waals surface area contributed by atoms with E-state index in [1.807, 2.05) is 0 Å². The number of carbonyl (C=O) groups excluding carboxylic acids is 2. The molecule has 2 saturated heterocycles. The molecule has 2 amide bonds. The first-order chi connectivity index (χ1) is 20.8. The Hall–Kier alpha value is -3.68. The van der Waals surface area contributed by atoms with Crippen molar-refractivity contribution in [2.45, 2.75) is 54.2 Å². The quantitative estimate of drug-likeness (QED) is 0.179. The molecule has 7 nitrogen and oxygen atoms in total. The van der Waals surface area contributed by atoms with Crippen molar-refractivity contribution in [3.8, 4) is 0 Å². The summed E-state index contributed by atoms with van der Waals surface area (Å²) in [6.07, 6.45) is -6.71. The van der Waals surface area contributed by atoms with Crippen molar-refractivity contribution >= 4 is 41.3 Å².